The van der Waals surface area contributed by atoms with E-state index in [2.05, 4.69) is 37.3 Å². The summed E-state index contributed by atoms with van der Waals surface area (Å²) < 4.78 is 14.7. The third-order valence-corrected chi connectivity index (χ3v) is 7.74. The molecule has 0 unspecified atom stereocenters. The monoisotopic (exact) mass is 462 g/mol. The molecule has 1 fully saturated rings. The lowest BCUT2D eigenvalue weighted by Gasteiger charge is -2.28. The molecule has 0 aromatic heterocycles. The van der Waals surface area contributed by atoms with Crippen LogP contribution in [-0.2, 0) is 25.7 Å². The van der Waals surface area contributed by atoms with Crippen molar-refractivity contribution < 1.29 is 4.39 Å². The first-order valence-corrected chi connectivity index (χ1v) is 13.0. The molecule has 0 radical (unpaired) electrons. The smallest absolute Gasteiger partial charge is 0.126 e. The zero-order valence-corrected chi connectivity index (χ0v) is 20.6. The molecule has 1 aliphatic carbocycles. The van der Waals surface area contributed by atoms with Crippen LogP contribution >= 0.6 is 11.6 Å². The molecule has 0 aliphatic heterocycles. The molecule has 0 bridgehead atoms. The van der Waals surface area contributed by atoms with Gasteiger partial charge in [-0.05, 0) is 97.7 Å². The third-order valence-electron chi connectivity index (χ3n) is 7.48. The first kappa shape index (κ1) is 24.0. The van der Waals surface area contributed by atoms with Gasteiger partial charge in [0, 0.05) is 5.02 Å². The summed E-state index contributed by atoms with van der Waals surface area (Å²) in [6.45, 7) is 2.15. The second-order valence-electron chi connectivity index (χ2n) is 10.0. The fraction of sp³-hybridized carbons (Fsp3) is 0.419. The maximum absolute atomic E-state index is 14.7. The van der Waals surface area contributed by atoms with Crippen LogP contribution in [0.1, 0.15) is 66.3 Å². The number of rotatable bonds is 9. The van der Waals surface area contributed by atoms with Gasteiger partial charge in [0.2, 0.25) is 0 Å². The van der Waals surface area contributed by atoms with Crippen molar-refractivity contribution in [2.24, 2.45) is 11.8 Å². The van der Waals surface area contributed by atoms with Crippen molar-refractivity contribution in [3.05, 3.63) is 105 Å². The minimum Gasteiger partial charge on any atom is -0.207 e. The Morgan fingerprint density at radius 1 is 0.667 bits per heavy atom. The summed E-state index contributed by atoms with van der Waals surface area (Å²) in [7, 11) is 0. The van der Waals surface area contributed by atoms with Gasteiger partial charge < -0.3 is 0 Å². The van der Waals surface area contributed by atoms with E-state index in [0.717, 1.165) is 47.2 Å². The van der Waals surface area contributed by atoms with E-state index in [-0.39, 0.29) is 5.82 Å². The second-order valence-corrected chi connectivity index (χ2v) is 10.4. The Labute approximate surface area is 204 Å². The van der Waals surface area contributed by atoms with Crippen molar-refractivity contribution in [1.82, 2.24) is 0 Å². The normalized spacial score (nSPS) is 18.4. The molecule has 0 heterocycles. The Morgan fingerprint density at radius 3 is 1.79 bits per heavy atom. The predicted octanol–water partition coefficient (Wildman–Crippen LogP) is 8.94. The summed E-state index contributed by atoms with van der Waals surface area (Å²) in [5.74, 6) is 1.62. The van der Waals surface area contributed by atoms with Crippen LogP contribution in [0.3, 0.4) is 0 Å². The van der Waals surface area contributed by atoms with Gasteiger partial charge in [-0.2, -0.15) is 0 Å². The number of hydrogen-bond acceptors (Lipinski definition) is 0. The van der Waals surface area contributed by atoms with Crippen LogP contribution in [0.15, 0.2) is 66.7 Å². The molecular weight excluding hydrogens is 427 g/mol. The molecule has 2 heteroatoms. The molecule has 174 valence electrons. The minimum absolute atomic E-state index is 0.0544. The predicted molar refractivity (Wildman–Crippen MR) is 139 cm³/mol. The van der Waals surface area contributed by atoms with E-state index in [1.807, 2.05) is 30.3 Å². The quantitative estimate of drug-likeness (QED) is 0.297. The van der Waals surface area contributed by atoms with E-state index in [4.69, 9.17) is 11.6 Å². The highest BCUT2D eigenvalue weighted by atomic mass is 35.5. The first-order chi connectivity index (χ1) is 16.0. The van der Waals surface area contributed by atoms with Crippen LogP contribution in [0.5, 0.6) is 0 Å². The van der Waals surface area contributed by atoms with Gasteiger partial charge in [-0.3, -0.25) is 0 Å². The minimum atomic E-state index is -0.0544. The summed E-state index contributed by atoms with van der Waals surface area (Å²) in [6.07, 6.45) is 11.6. The summed E-state index contributed by atoms with van der Waals surface area (Å²) in [6, 6.07) is 22.7. The molecule has 0 nitrogen and oxygen atoms in total. The summed E-state index contributed by atoms with van der Waals surface area (Å²) in [5, 5.41) is 0.741. The van der Waals surface area contributed by atoms with Crippen LogP contribution in [-0.4, -0.2) is 0 Å². The lowest BCUT2D eigenvalue weighted by molar-refractivity contribution is 0.253. The Bertz CT molecular complexity index is 998. The lowest BCUT2D eigenvalue weighted by Crippen LogP contribution is -2.16. The molecule has 0 atom stereocenters. The standard InChI is InChI=1S/C31H36ClF/c1-23-2-4-24(5-3-23)6-7-25-8-10-26(11-9-25)12-13-28-15-19-29(31(33)22-28)18-14-27-16-20-30(32)21-17-27/h2-5,15-17,19-22,25-26H,6-14,18H2,1H3/t25-,26-. The van der Waals surface area contributed by atoms with Crippen molar-refractivity contribution in [2.75, 3.05) is 0 Å². The molecule has 4 rings (SSSR count). The topological polar surface area (TPSA) is 0 Å². The van der Waals surface area contributed by atoms with E-state index >= 15 is 0 Å². The maximum Gasteiger partial charge on any atom is 0.126 e. The zero-order chi connectivity index (χ0) is 23.0. The number of hydrogen-bond donors (Lipinski definition) is 0. The summed E-state index contributed by atoms with van der Waals surface area (Å²) in [5.41, 5.74) is 5.96. The SMILES string of the molecule is Cc1ccc(CC[C@H]2CC[C@H](CCc3ccc(CCc4ccc(Cl)cc4)c(F)c3)CC2)cc1. The van der Waals surface area contributed by atoms with Gasteiger partial charge in [-0.25, -0.2) is 4.39 Å². The van der Waals surface area contributed by atoms with Crippen LogP contribution in [0, 0.1) is 24.6 Å². The summed E-state index contributed by atoms with van der Waals surface area (Å²) in [4.78, 5) is 0. The average molecular weight is 463 g/mol. The zero-order valence-electron chi connectivity index (χ0n) is 19.8. The van der Waals surface area contributed by atoms with Crippen molar-refractivity contribution in [2.45, 2.75) is 71.1 Å². The van der Waals surface area contributed by atoms with Gasteiger partial charge >= 0.3 is 0 Å². The summed E-state index contributed by atoms with van der Waals surface area (Å²) >= 11 is 5.95. The van der Waals surface area contributed by atoms with E-state index in [9.17, 15) is 4.39 Å². The lowest BCUT2D eigenvalue weighted by atomic mass is 9.77. The highest BCUT2D eigenvalue weighted by Gasteiger charge is 2.21. The van der Waals surface area contributed by atoms with Gasteiger partial charge in [0.25, 0.3) is 0 Å². The van der Waals surface area contributed by atoms with Gasteiger partial charge in [0.1, 0.15) is 5.82 Å². The molecule has 3 aromatic carbocycles. The first-order valence-electron chi connectivity index (χ1n) is 12.6. The molecule has 1 saturated carbocycles. The molecule has 0 spiro atoms. The molecule has 33 heavy (non-hydrogen) atoms. The van der Waals surface area contributed by atoms with Crippen molar-refractivity contribution in [1.29, 1.82) is 0 Å². The Balaban J connectivity index is 1.17. The average Bonchev–Trinajstić information content (AvgIpc) is 2.83. The van der Waals surface area contributed by atoms with Crippen molar-refractivity contribution in [3.63, 3.8) is 0 Å². The van der Waals surface area contributed by atoms with Crippen molar-refractivity contribution >= 4 is 11.6 Å². The molecule has 3 aromatic rings. The van der Waals surface area contributed by atoms with Crippen molar-refractivity contribution in [3.8, 4) is 0 Å². The maximum atomic E-state index is 14.7. The van der Waals surface area contributed by atoms with Gasteiger partial charge in [0.15, 0.2) is 0 Å². The van der Waals surface area contributed by atoms with Crippen LogP contribution in [0.25, 0.3) is 0 Å². The van der Waals surface area contributed by atoms with E-state index in [1.54, 1.807) is 6.07 Å². The highest BCUT2D eigenvalue weighted by Crippen LogP contribution is 2.34. The van der Waals surface area contributed by atoms with Crippen LogP contribution in [0.4, 0.5) is 4.39 Å². The second kappa shape index (κ2) is 11.8. The fourth-order valence-electron chi connectivity index (χ4n) is 5.18. The van der Waals surface area contributed by atoms with E-state index < -0.39 is 0 Å². The number of halogens is 2. The number of benzene rings is 3. The molecule has 0 amide bonds. The van der Waals surface area contributed by atoms with Crippen LogP contribution in [0.2, 0.25) is 5.02 Å². The molecule has 0 N–H and O–H groups in total. The van der Waals surface area contributed by atoms with Gasteiger partial charge in [0.05, 0.1) is 0 Å². The molecular formula is C31H36ClF. The van der Waals surface area contributed by atoms with Gasteiger partial charge in [-0.1, -0.05) is 91.4 Å². The van der Waals surface area contributed by atoms with E-state index in [0.29, 0.717) is 0 Å². The Morgan fingerprint density at radius 2 is 1.18 bits per heavy atom. The van der Waals surface area contributed by atoms with E-state index in [1.165, 1.54) is 61.6 Å². The third kappa shape index (κ3) is 7.44. The van der Waals surface area contributed by atoms with Gasteiger partial charge in [-0.15, -0.1) is 0 Å². The fourth-order valence-corrected chi connectivity index (χ4v) is 5.31. The number of aryl methyl sites for hydroxylation is 5. The molecule has 1 aliphatic rings. The molecule has 0 saturated heterocycles. The largest absolute Gasteiger partial charge is 0.207 e. The Kier molecular flexibility index (Phi) is 8.62. The highest BCUT2D eigenvalue weighted by molar-refractivity contribution is 6.30. The Hall–Kier alpha value is -2.12. The van der Waals surface area contributed by atoms with Crippen LogP contribution < -0.4 is 0 Å².